The Morgan fingerprint density at radius 2 is 1.67 bits per heavy atom. The Morgan fingerprint density at radius 1 is 0.967 bits per heavy atom. The zero-order chi connectivity index (χ0) is 20.9. The quantitative estimate of drug-likeness (QED) is 0.805. The summed E-state index contributed by atoms with van der Waals surface area (Å²) < 4.78 is 0. The van der Waals surface area contributed by atoms with Crippen LogP contribution in [-0.2, 0) is 11.2 Å². The topological polar surface area (TPSA) is 52.7 Å². The van der Waals surface area contributed by atoms with Crippen molar-refractivity contribution in [1.29, 1.82) is 0 Å². The van der Waals surface area contributed by atoms with E-state index in [4.69, 9.17) is 0 Å². The molecule has 0 radical (unpaired) electrons. The number of rotatable bonds is 5. The van der Waals surface area contributed by atoms with Crippen molar-refractivity contribution in [2.75, 3.05) is 36.4 Å². The zero-order valence-electron chi connectivity index (χ0n) is 17.8. The number of piperidine rings is 1. The smallest absolute Gasteiger partial charge is 0.256 e. The first-order valence-corrected chi connectivity index (χ1v) is 11.1. The molecule has 30 heavy (non-hydrogen) atoms. The van der Waals surface area contributed by atoms with Crippen LogP contribution in [0.5, 0.6) is 0 Å². The molecule has 2 saturated heterocycles. The molecule has 5 heteroatoms. The molecular weight excluding hydrogens is 374 g/mol. The van der Waals surface area contributed by atoms with Crippen molar-refractivity contribution < 1.29 is 9.59 Å². The fraction of sp³-hybridized carbons (Fsp3) is 0.440. The fourth-order valence-corrected chi connectivity index (χ4v) is 4.68. The Labute approximate surface area is 179 Å². The second-order valence-electron chi connectivity index (χ2n) is 8.53. The van der Waals surface area contributed by atoms with Gasteiger partial charge in [-0.15, -0.1) is 0 Å². The third-order valence-corrected chi connectivity index (χ3v) is 6.26. The molecule has 0 bridgehead atoms. The molecule has 0 unspecified atom stereocenters. The van der Waals surface area contributed by atoms with Crippen LogP contribution in [0.4, 0.5) is 11.4 Å². The monoisotopic (exact) mass is 405 g/mol. The summed E-state index contributed by atoms with van der Waals surface area (Å²) in [7, 11) is 0. The van der Waals surface area contributed by atoms with Crippen LogP contribution in [-0.4, -0.2) is 42.9 Å². The molecule has 2 aromatic carbocycles. The molecule has 158 valence electrons. The first-order chi connectivity index (χ1) is 14.6. The third-order valence-electron chi connectivity index (χ3n) is 6.26. The third kappa shape index (κ3) is 4.84. The molecule has 2 aromatic rings. The maximum atomic E-state index is 13.2. The molecular formula is C25H31N3O2. The summed E-state index contributed by atoms with van der Waals surface area (Å²) in [6, 6.07) is 16.5. The minimum Gasteiger partial charge on any atom is -0.371 e. The molecule has 0 aromatic heterocycles. The average molecular weight is 406 g/mol. The number of nitrogens with zero attached hydrogens (tertiary/aromatic N) is 2. The molecule has 0 aliphatic carbocycles. The van der Waals surface area contributed by atoms with Crippen LogP contribution >= 0.6 is 0 Å². The van der Waals surface area contributed by atoms with E-state index in [1.165, 1.54) is 12.5 Å². The molecule has 0 spiro atoms. The van der Waals surface area contributed by atoms with Crippen molar-refractivity contribution in [2.45, 2.75) is 39.0 Å². The fourth-order valence-electron chi connectivity index (χ4n) is 4.68. The SMILES string of the molecule is CC(=O)Nc1ccc(N2CCC(Cc3ccccc3)CC2)c(C(=O)N2CCCC2)c1. The lowest BCUT2D eigenvalue weighted by Gasteiger charge is -2.35. The minimum atomic E-state index is -0.121. The van der Waals surface area contributed by atoms with Gasteiger partial charge in [-0.25, -0.2) is 0 Å². The highest BCUT2D eigenvalue weighted by atomic mass is 16.2. The number of benzene rings is 2. The molecule has 4 rings (SSSR count). The predicted octanol–water partition coefficient (Wildman–Crippen LogP) is 4.34. The molecule has 2 fully saturated rings. The predicted molar refractivity (Wildman–Crippen MR) is 121 cm³/mol. The molecule has 2 aliphatic heterocycles. The van der Waals surface area contributed by atoms with Gasteiger partial charge in [0.25, 0.3) is 5.91 Å². The minimum absolute atomic E-state index is 0.0844. The molecule has 0 saturated carbocycles. The number of carbonyl (C=O) groups excluding carboxylic acids is 2. The lowest BCUT2D eigenvalue weighted by Crippen LogP contribution is -2.36. The average Bonchev–Trinajstić information content (AvgIpc) is 3.29. The van der Waals surface area contributed by atoms with Crippen molar-refractivity contribution in [3.63, 3.8) is 0 Å². The molecule has 2 aliphatic rings. The van der Waals surface area contributed by atoms with Gasteiger partial charge in [-0.3, -0.25) is 9.59 Å². The van der Waals surface area contributed by atoms with Crippen molar-refractivity contribution in [3.05, 3.63) is 59.7 Å². The highest BCUT2D eigenvalue weighted by molar-refractivity contribution is 6.02. The first kappa shape index (κ1) is 20.5. The van der Waals surface area contributed by atoms with Crippen LogP contribution < -0.4 is 10.2 Å². The van der Waals surface area contributed by atoms with Crippen LogP contribution in [0.1, 0.15) is 48.5 Å². The summed E-state index contributed by atoms with van der Waals surface area (Å²) >= 11 is 0. The van der Waals surface area contributed by atoms with E-state index in [1.807, 2.05) is 23.1 Å². The largest absolute Gasteiger partial charge is 0.371 e. The maximum absolute atomic E-state index is 13.2. The van der Waals surface area contributed by atoms with E-state index in [0.717, 1.165) is 64.0 Å². The number of anilines is 2. The highest BCUT2D eigenvalue weighted by Crippen LogP contribution is 2.31. The van der Waals surface area contributed by atoms with Crippen LogP contribution in [0.3, 0.4) is 0 Å². The van der Waals surface area contributed by atoms with Gasteiger partial charge < -0.3 is 15.1 Å². The molecule has 2 heterocycles. The molecule has 0 atom stereocenters. The highest BCUT2D eigenvalue weighted by Gasteiger charge is 2.27. The van der Waals surface area contributed by atoms with E-state index >= 15 is 0 Å². The second-order valence-corrected chi connectivity index (χ2v) is 8.53. The maximum Gasteiger partial charge on any atom is 0.256 e. The summed E-state index contributed by atoms with van der Waals surface area (Å²) in [6.07, 6.45) is 5.50. The van der Waals surface area contributed by atoms with Gasteiger partial charge in [0, 0.05) is 44.5 Å². The summed E-state index contributed by atoms with van der Waals surface area (Å²) in [6.45, 7) is 5.05. The van der Waals surface area contributed by atoms with Crippen LogP contribution in [0.15, 0.2) is 48.5 Å². The van der Waals surface area contributed by atoms with Crippen LogP contribution in [0.2, 0.25) is 0 Å². The normalized spacial score (nSPS) is 17.2. The number of likely N-dealkylation sites (tertiary alicyclic amines) is 1. The second kappa shape index (κ2) is 9.33. The van der Waals surface area contributed by atoms with Gasteiger partial charge in [0.05, 0.1) is 5.56 Å². The molecule has 2 amide bonds. The van der Waals surface area contributed by atoms with Gasteiger partial charge in [-0.1, -0.05) is 30.3 Å². The first-order valence-electron chi connectivity index (χ1n) is 11.1. The van der Waals surface area contributed by atoms with Crippen LogP contribution in [0.25, 0.3) is 0 Å². The zero-order valence-corrected chi connectivity index (χ0v) is 17.8. The van der Waals surface area contributed by atoms with Crippen molar-refractivity contribution >= 4 is 23.2 Å². The summed E-state index contributed by atoms with van der Waals surface area (Å²) in [5, 5.41) is 2.83. The van der Waals surface area contributed by atoms with E-state index in [0.29, 0.717) is 17.2 Å². The Balaban J connectivity index is 1.50. The number of hydrogen-bond acceptors (Lipinski definition) is 3. The summed E-state index contributed by atoms with van der Waals surface area (Å²) in [5.74, 6) is 0.644. The number of carbonyl (C=O) groups is 2. The molecule has 1 N–H and O–H groups in total. The van der Waals surface area contributed by atoms with Gasteiger partial charge in [-0.05, 0) is 61.8 Å². The van der Waals surface area contributed by atoms with Gasteiger partial charge in [0.2, 0.25) is 5.91 Å². The Hall–Kier alpha value is -2.82. The van der Waals surface area contributed by atoms with Crippen molar-refractivity contribution in [1.82, 2.24) is 4.90 Å². The Kier molecular flexibility index (Phi) is 6.36. The standard InChI is InChI=1S/C25H31N3O2/c1-19(29)26-22-9-10-24(23(18-22)25(30)28-13-5-6-14-28)27-15-11-21(12-16-27)17-20-7-3-2-4-8-20/h2-4,7-10,18,21H,5-6,11-17H2,1H3,(H,26,29). The van der Waals surface area contributed by atoms with Crippen LogP contribution in [0, 0.1) is 5.92 Å². The summed E-state index contributed by atoms with van der Waals surface area (Å²) in [4.78, 5) is 29.0. The lowest BCUT2D eigenvalue weighted by molar-refractivity contribution is -0.114. The number of amides is 2. The lowest BCUT2D eigenvalue weighted by atomic mass is 9.89. The number of hydrogen-bond donors (Lipinski definition) is 1. The number of nitrogens with one attached hydrogen (secondary N) is 1. The van der Waals surface area contributed by atoms with E-state index in [2.05, 4.69) is 40.5 Å². The van der Waals surface area contributed by atoms with Crippen molar-refractivity contribution in [3.8, 4) is 0 Å². The molecule has 5 nitrogen and oxygen atoms in total. The van der Waals surface area contributed by atoms with E-state index in [9.17, 15) is 9.59 Å². The van der Waals surface area contributed by atoms with Gasteiger partial charge in [0.15, 0.2) is 0 Å². The summed E-state index contributed by atoms with van der Waals surface area (Å²) in [5.41, 5.74) is 3.80. The van der Waals surface area contributed by atoms with E-state index in [1.54, 1.807) is 0 Å². The van der Waals surface area contributed by atoms with E-state index in [-0.39, 0.29) is 11.8 Å². The van der Waals surface area contributed by atoms with Gasteiger partial charge in [-0.2, -0.15) is 0 Å². The Bertz CT molecular complexity index is 883. The Morgan fingerprint density at radius 3 is 2.33 bits per heavy atom. The van der Waals surface area contributed by atoms with Gasteiger partial charge >= 0.3 is 0 Å². The van der Waals surface area contributed by atoms with Crippen molar-refractivity contribution in [2.24, 2.45) is 5.92 Å². The van der Waals surface area contributed by atoms with E-state index < -0.39 is 0 Å². The van der Waals surface area contributed by atoms with Gasteiger partial charge in [0.1, 0.15) is 0 Å².